The fourth-order valence-electron chi connectivity index (χ4n) is 6.15. The second-order valence-electron chi connectivity index (χ2n) is 9.10. The molecule has 5 nitrogen and oxygen atoms in total. The Morgan fingerprint density at radius 2 is 1.65 bits per heavy atom. The van der Waals surface area contributed by atoms with Crippen LogP contribution in [0.4, 0.5) is 5.82 Å². The molecule has 1 amide bonds. The van der Waals surface area contributed by atoms with Gasteiger partial charge in [0.2, 0.25) is 0 Å². The highest BCUT2D eigenvalue weighted by molar-refractivity contribution is 5.92. The number of amides is 1. The van der Waals surface area contributed by atoms with E-state index in [9.17, 15) is 4.79 Å². The molecule has 1 aromatic heterocycles. The van der Waals surface area contributed by atoms with Crippen molar-refractivity contribution < 1.29 is 4.79 Å². The Bertz CT molecular complexity index is 654. The SMILES string of the molecule is CN1CCN(c2cccc(C(=O)NC3C4CC5CC(C4)CC3C5)n2)CC1. The molecule has 0 spiro atoms. The average molecular weight is 354 g/mol. The Hall–Kier alpha value is -1.62. The third kappa shape index (κ3) is 3.00. The molecule has 5 heteroatoms. The number of nitrogens with one attached hydrogen (secondary N) is 1. The molecule has 4 aliphatic carbocycles. The third-order valence-electron chi connectivity index (χ3n) is 7.32. The number of rotatable bonds is 3. The van der Waals surface area contributed by atoms with Gasteiger partial charge in [0.05, 0.1) is 0 Å². The highest BCUT2D eigenvalue weighted by Gasteiger charge is 2.48. The van der Waals surface area contributed by atoms with Crippen molar-refractivity contribution in [1.82, 2.24) is 15.2 Å². The average Bonchev–Trinajstić information content (AvgIpc) is 2.65. The molecule has 5 fully saturated rings. The monoisotopic (exact) mass is 354 g/mol. The summed E-state index contributed by atoms with van der Waals surface area (Å²) >= 11 is 0. The molecule has 4 saturated carbocycles. The molecular formula is C21H30N4O. The number of carbonyl (C=O) groups excluding carboxylic acids is 1. The van der Waals surface area contributed by atoms with Crippen LogP contribution >= 0.6 is 0 Å². The first-order chi connectivity index (χ1) is 12.7. The van der Waals surface area contributed by atoms with Crippen molar-refractivity contribution in [3.8, 4) is 0 Å². The Kier molecular flexibility index (Phi) is 4.15. The van der Waals surface area contributed by atoms with Crippen LogP contribution in [0.3, 0.4) is 0 Å². The normalized spacial score (nSPS) is 36.3. The summed E-state index contributed by atoms with van der Waals surface area (Å²) in [5.41, 5.74) is 0.579. The summed E-state index contributed by atoms with van der Waals surface area (Å²) < 4.78 is 0. The minimum Gasteiger partial charge on any atom is -0.354 e. The van der Waals surface area contributed by atoms with Crippen molar-refractivity contribution in [2.75, 3.05) is 38.1 Å². The first kappa shape index (κ1) is 16.5. The minimum atomic E-state index is 0.0263. The van der Waals surface area contributed by atoms with E-state index in [-0.39, 0.29) is 5.91 Å². The molecule has 0 unspecified atom stereocenters. The number of likely N-dealkylation sites (N-methyl/N-ethyl adjacent to an activating group) is 1. The zero-order valence-corrected chi connectivity index (χ0v) is 15.7. The smallest absolute Gasteiger partial charge is 0.270 e. The highest BCUT2D eigenvalue weighted by Crippen LogP contribution is 2.53. The number of hydrogen-bond acceptors (Lipinski definition) is 4. The molecule has 1 N–H and O–H groups in total. The highest BCUT2D eigenvalue weighted by atomic mass is 16.2. The lowest BCUT2D eigenvalue weighted by molar-refractivity contribution is -0.0120. The van der Waals surface area contributed by atoms with Crippen LogP contribution in [-0.2, 0) is 0 Å². The summed E-state index contributed by atoms with van der Waals surface area (Å²) in [6, 6.07) is 6.26. The van der Waals surface area contributed by atoms with Crippen LogP contribution in [0.5, 0.6) is 0 Å². The minimum absolute atomic E-state index is 0.0263. The standard InChI is InChI=1S/C21H30N4O/c1-24-5-7-25(8-6-24)19-4-2-3-18(22-19)21(26)23-20-16-10-14-9-15(12-16)13-17(20)11-14/h2-4,14-17,20H,5-13H2,1H3,(H,23,26). The van der Waals surface area contributed by atoms with Crippen LogP contribution in [0.2, 0.25) is 0 Å². The van der Waals surface area contributed by atoms with Gasteiger partial charge in [-0.05, 0) is 75.0 Å². The lowest BCUT2D eigenvalue weighted by atomic mass is 9.54. The molecule has 0 aromatic carbocycles. The summed E-state index contributed by atoms with van der Waals surface area (Å²) in [4.78, 5) is 22.2. The van der Waals surface area contributed by atoms with Crippen LogP contribution in [0.15, 0.2) is 18.2 Å². The molecule has 0 atom stereocenters. The van der Waals surface area contributed by atoms with E-state index < -0.39 is 0 Å². The quantitative estimate of drug-likeness (QED) is 0.905. The topological polar surface area (TPSA) is 48.5 Å². The maximum atomic E-state index is 12.9. The number of hydrogen-bond donors (Lipinski definition) is 1. The number of nitrogens with zero attached hydrogens (tertiary/aromatic N) is 3. The zero-order chi connectivity index (χ0) is 17.7. The third-order valence-corrected chi connectivity index (χ3v) is 7.32. The lowest BCUT2D eigenvalue weighted by Crippen LogP contribution is -2.55. The van der Waals surface area contributed by atoms with Gasteiger partial charge < -0.3 is 15.1 Å². The molecule has 4 bridgehead atoms. The molecule has 26 heavy (non-hydrogen) atoms. The Labute approximate surface area is 156 Å². The summed E-state index contributed by atoms with van der Waals surface area (Å²) in [6.07, 6.45) is 6.75. The van der Waals surface area contributed by atoms with Crippen molar-refractivity contribution in [2.24, 2.45) is 23.7 Å². The number of carbonyl (C=O) groups is 1. The van der Waals surface area contributed by atoms with Crippen molar-refractivity contribution in [3.63, 3.8) is 0 Å². The summed E-state index contributed by atoms with van der Waals surface area (Å²) in [7, 11) is 2.15. The van der Waals surface area contributed by atoms with E-state index in [0.29, 0.717) is 23.6 Å². The zero-order valence-electron chi connectivity index (χ0n) is 15.7. The Morgan fingerprint density at radius 3 is 2.31 bits per heavy atom. The Morgan fingerprint density at radius 1 is 1.00 bits per heavy atom. The Balaban J connectivity index is 1.28. The van der Waals surface area contributed by atoms with Gasteiger partial charge in [-0.1, -0.05) is 6.07 Å². The van der Waals surface area contributed by atoms with E-state index in [1.807, 2.05) is 18.2 Å². The lowest BCUT2D eigenvalue weighted by Gasteiger charge is -2.54. The van der Waals surface area contributed by atoms with Crippen molar-refractivity contribution in [3.05, 3.63) is 23.9 Å². The molecule has 1 saturated heterocycles. The van der Waals surface area contributed by atoms with E-state index in [1.165, 1.54) is 32.1 Å². The largest absolute Gasteiger partial charge is 0.354 e. The molecule has 140 valence electrons. The maximum Gasteiger partial charge on any atom is 0.270 e. The summed E-state index contributed by atoms with van der Waals surface area (Å²) in [5.74, 6) is 4.25. The van der Waals surface area contributed by atoms with E-state index >= 15 is 0 Å². The van der Waals surface area contributed by atoms with Gasteiger partial charge in [-0.2, -0.15) is 0 Å². The first-order valence-electron chi connectivity index (χ1n) is 10.4. The van der Waals surface area contributed by atoms with Gasteiger partial charge >= 0.3 is 0 Å². The van der Waals surface area contributed by atoms with Crippen molar-refractivity contribution >= 4 is 11.7 Å². The maximum absolute atomic E-state index is 12.9. The first-order valence-corrected chi connectivity index (χ1v) is 10.4. The van der Waals surface area contributed by atoms with Crippen LogP contribution in [0.1, 0.15) is 42.6 Å². The second kappa shape index (κ2) is 6.52. The van der Waals surface area contributed by atoms with Gasteiger partial charge in [0, 0.05) is 32.2 Å². The number of aromatic nitrogens is 1. The number of anilines is 1. The molecule has 2 heterocycles. The van der Waals surface area contributed by atoms with Gasteiger partial charge in [0.15, 0.2) is 0 Å². The van der Waals surface area contributed by atoms with Crippen LogP contribution in [0.25, 0.3) is 0 Å². The van der Waals surface area contributed by atoms with E-state index in [4.69, 9.17) is 4.98 Å². The molecule has 1 aliphatic heterocycles. The molecule has 0 radical (unpaired) electrons. The van der Waals surface area contributed by atoms with Crippen molar-refractivity contribution in [2.45, 2.75) is 38.1 Å². The van der Waals surface area contributed by atoms with Crippen LogP contribution in [-0.4, -0.2) is 55.1 Å². The molecule has 1 aromatic rings. The van der Waals surface area contributed by atoms with Crippen LogP contribution < -0.4 is 10.2 Å². The van der Waals surface area contributed by atoms with Gasteiger partial charge in [-0.3, -0.25) is 4.79 Å². The summed E-state index contributed by atoms with van der Waals surface area (Å²) in [5, 5.41) is 3.39. The van der Waals surface area contributed by atoms with Crippen LogP contribution in [0, 0.1) is 23.7 Å². The molecule has 5 aliphatic rings. The molecule has 6 rings (SSSR count). The van der Waals surface area contributed by atoms with Gasteiger partial charge in [0.1, 0.15) is 11.5 Å². The fourth-order valence-corrected chi connectivity index (χ4v) is 6.15. The van der Waals surface area contributed by atoms with Gasteiger partial charge in [0.25, 0.3) is 5.91 Å². The predicted octanol–water partition coefficient (Wildman–Crippen LogP) is 2.39. The van der Waals surface area contributed by atoms with Crippen molar-refractivity contribution in [1.29, 1.82) is 0 Å². The van der Waals surface area contributed by atoms with E-state index in [0.717, 1.165) is 43.8 Å². The van der Waals surface area contributed by atoms with E-state index in [1.54, 1.807) is 0 Å². The fraction of sp³-hybridized carbons (Fsp3) is 0.714. The molecular weight excluding hydrogens is 324 g/mol. The second-order valence-corrected chi connectivity index (χ2v) is 9.10. The van der Waals surface area contributed by atoms with Gasteiger partial charge in [-0.25, -0.2) is 4.98 Å². The number of piperazine rings is 1. The number of pyridine rings is 1. The van der Waals surface area contributed by atoms with E-state index in [2.05, 4.69) is 22.2 Å². The van der Waals surface area contributed by atoms with Gasteiger partial charge in [-0.15, -0.1) is 0 Å². The summed E-state index contributed by atoms with van der Waals surface area (Å²) in [6.45, 7) is 4.05. The predicted molar refractivity (Wildman–Crippen MR) is 102 cm³/mol.